The molecule has 176 valence electrons. The van der Waals surface area contributed by atoms with Gasteiger partial charge in [-0.05, 0) is 32.9 Å². The van der Waals surface area contributed by atoms with Gasteiger partial charge in [0.1, 0.15) is 11.3 Å². The van der Waals surface area contributed by atoms with Gasteiger partial charge in [0.25, 0.3) is 5.91 Å². The number of hydrogen-bond acceptors (Lipinski definition) is 8. The molecule has 11 heteroatoms. The Bertz CT molecular complexity index is 954. The van der Waals surface area contributed by atoms with E-state index in [1.165, 1.54) is 9.31 Å². The number of nitrogens with zero attached hydrogens (tertiary/aromatic N) is 3. The molecule has 1 fully saturated rings. The number of esters is 1. The first-order chi connectivity index (χ1) is 15.1. The summed E-state index contributed by atoms with van der Waals surface area (Å²) in [5, 5.41) is 8.50. The summed E-state index contributed by atoms with van der Waals surface area (Å²) < 4.78 is 31.9. The number of amides is 1. The van der Waals surface area contributed by atoms with Crippen LogP contribution in [0.4, 0.5) is 5.69 Å². The van der Waals surface area contributed by atoms with Crippen LogP contribution in [0.15, 0.2) is 35.4 Å². The average molecular weight is 483 g/mol. The number of ether oxygens (including phenoxy) is 1. The summed E-state index contributed by atoms with van der Waals surface area (Å²) >= 11 is 1.73. The minimum absolute atomic E-state index is 0.0216. The van der Waals surface area contributed by atoms with Gasteiger partial charge in [-0.2, -0.15) is 16.9 Å². The Morgan fingerprint density at radius 1 is 1.19 bits per heavy atom. The summed E-state index contributed by atoms with van der Waals surface area (Å²) in [6, 6.07) is 8.31. The predicted octanol–water partition coefficient (Wildman–Crippen LogP) is 1.46. The van der Waals surface area contributed by atoms with E-state index in [2.05, 4.69) is 10.4 Å². The number of para-hydroxylation sites is 1. The highest BCUT2D eigenvalue weighted by atomic mass is 32.2. The molecule has 3 rings (SSSR count). The molecule has 2 heterocycles. The van der Waals surface area contributed by atoms with E-state index in [1.54, 1.807) is 44.7 Å². The Kier molecular flexibility index (Phi) is 7.84. The first kappa shape index (κ1) is 24.5. The second-order valence-electron chi connectivity index (χ2n) is 8.56. The first-order valence-corrected chi connectivity index (χ1v) is 13.3. The molecular weight excluding hydrogens is 452 g/mol. The fraction of sp³-hybridized carbons (Fsp3) is 0.571. The molecule has 1 saturated heterocycles. The molecule has 0 aliphatic carbocycles. The van der Waals surface area contributed by atoms with Gasteiger partial charge in [0, 0.05) is 37.6 Å². The van der Waals surface area contributed by atoms with Gasteiger partial charge in [-0.25, -0.2) is 17.5 Å². The summed E-state index contributed by atoms with van der Waals surface area (Å²) in [7, 11) is -3.42. The smallest absolute Gasteiger partial charge is 0.331 e. The number of carbonyl (C=O) groups excluding carboxylic acids is 2. The zero-order chi connectivity index (χ0) is 23.4. The molecule has 1 amide bonds. The molecule has 0 aromatic heterocycles. The van der Waals surface area contributed by atoms with Crippen LogP contribution < -0.4 is 10.3 Å². The zero-order valence-corrected chi connectivity index (χ0v) is 20.2. The van der Waals surface area contributed by atoms with Gasteiger partial charge < -0.3 is 10.1 Å². The number of rotatable bonds is 7. The number of thioether (sulfide) groups is 1. The van der Waals surface area contributed by atoms with E-state index in [0.29, 0.717) is 18.8 Å². The van der Waals surface area contributed by atoms with E-state index < -0.39 is 33.5 Å². The third kappa shape index (κ3) is 6.46. The van der Waals surface area contributed by atoms with Gasteiger partial charge in [0.15, 0.2) is 6.04 Å². The lowest BCUT2D eigenvalue weighted by atomic mass is 10.1. The lowest BCUT2D eigenvalue weighted by Gasteiger charge is -2.26. The molecule has 1 atom stereocenters. The van der Waals surface area contributed by atoms with Crippen molar-refractivity contribution in [2.45, 2.75) is 38.8 Å². The van der Waals surface area contributed by atoms with Crippen molar-refractivity contribution >= 4 is 45.1 Å². The Morgan fingerprint density at radius 2 is 1.84 bits per heavy atom. The van der Waals surface area contributed by atoms with E-state index in [4.69, 9.17) is 4.74 Å². The second kappa shape index (κ2) is 10.2. The fourth-order valence-electron chi connectivity index (χ4n) is 3.37. The SMILES string of the molecule is CC(C)(C)OC(=O)C1CC(C(=O)NCCS(=O)(=O)N2CCSCC2)=NN1c1ccccc1. The van der Waals surface area contributed by atoms with E-state index >= 15 is 0 Å². The third-order valence-electron chi connectivity index (χ3n) is 4.88. The zero-order valence-electron chi connectivity index (χ0n) is 18.6. The van der Waals surface area contributed by atoms with Crippen molar-refractivity contribution in [2.75, 3.05) is 41.9 Å². The number of sulfonamides is 1. The summed E-state index contributed by atoms with van der Waals surface area (Å²) in [6.45, 7) is 6.31. The number of anilines is 1. The quantitative estimate of drug-likeness (QED) is 0.586. The van der Waals surface area contributed by atoms with Gasteiger partial charge in [0.2, 0.25) is 10.0 Å². The normalized spacial score (nSPS) is 20.0. The molecular formula is C21H30N4O5S2. The van der Waals surface area contributed by atoms with Crippen molar-refractivity contribution in [2.24, 2.45) is 5.10 Å². The maximum Gasteiger partial charge on any atom is 0.331 e. The molecule has 0 radical (unpaired) electrons. The largest absolute Gasteiger partial charge is 0.458 e. The lowest BCUT2D eigenvalue weighted by Crippen LogP contribution is -2.43. The van der Waals surface area contributed by atoms with Gasteiger partial charge in [-0.15, -0.1) is 0 Å². The second-order valence-corrected chi connectivity index (χ2v) is 11.9. The van der Waals surface area contributed by atoms with Crippen LogP contribution in [-0.4, -0.2) is 78.8 Å². The van der Waals surface area contributed by atoms with Crippen molar-refractivity contribution < 1.29 is 22.7 Å². The van der Waals surface area contributed by atoms with Gasteiger partial charge in [-0.3, -0.25) is 9.80 Å². The average Bonchev–Trinajstić information content (AvgIpc) is 3.20. The van der Waals surface area contributed by atoms with Crippen LogP contribution in [0.5, 0.6) is 0 Å². The maximum absolute atomic E-state index is 12.8. The standard InChI is InChI=1S/C21H30N4O5S2/c1-21(2,3)30-20(27)18-15-17(23-25(18)16-7-5-4-6-8-16)19(26)22-9-14-32(28,29)24-10-12-31-13-11-24/h4-8,18H,9-15H2,1-3H3,(H,22,26). The molecule has 2 aliphatic rings. The minimum atomic E-state index is -3.42. The highest BCUT2D eigenvalue weighted by Crippen LogP contribution is 2.26. The van der Waals surface area contributed by atoms with Crippen LogP contribution in [0.1, 0.15) is 27.2 Å². The highest BCUT2D eigenvalue weighted by molar-refractivity contribution is 7.99. The number of carbonyl (C=O) groups is 2. The molecule has 32 heavy (non-hydrogen) atoms. The molecule has 0 bridgehead atoms. The van der Waals surface area contributed by atoms with Crippen molar-refractivity contribution in [1.29, 1.82) is 0 Å². The van der Waals surface area contributed by atoms with Crippen molar-refractivity contribution in [3.63, 3.8) is 0 Å². The Morgan fingerprint density at radius 3 is 2.47 bits per heavy atom. The monoisotopic (exact) mass is 482 g/mol. The van der Waals surface area contributed by atoms with E-state index in [-0.39, 0.29) is 24.4 Å². The molecule has 1 unspecified atom stereocenters. The maximum atomic E-state index is 12.8. The molecule has 9 nitrogen and oxygen atoms in total. The van der Waals surface area contributed by atoms with Crippen molar-refractivity contribution in [3.8, 4) is 0 Å². The van der Waals surface area contributed by atoms with Crippen LogP contribution in [0.3, 0.4) is 0 Å². The van der Waals surface area contributed by atoms with Gasteiger partial charge >= 0.3 is 5.97 Å². The Labute approximate surface area is 193 Å². The number of hydrazone groups is 1. The molecule has 1 aromatic rings. The van der Waals surface area contributed by atoms with Crippen molar-refractivity contribution in [3.05, 3.63) is 30.3 Å². The number of nitrogens with one attached hydrogen (secondary N) is 1. The minimum Gasteiger partial charge on any atom is -0.458 e. The van der Waals surface area contributed by atoms with Crippen LogP contribution in [0.25, 0.3) is 0 Å². The van der Waals surface area contributed by atoms with E-state index in [9.17, 15) is 18.0 Å². The fourth-order valence-corrected chi connectivity index (χ4v) is 5.86. The van der Waals surface area contributed by atoms with Crippen LogP contribution in [0.2, 0.25) is 0 Å². The van der Waals surface area contributed by atoms with Crippen LogP contribution in [-0.2, 0) is 24.3 Å². The van der Waals surface area contributed by atoms with Gasteiger partial charge in [0.05, 0.1) is 11.4 Å². The first-order valence-electron chi connectivity index (χ1n) is 10.6. The van der Waals surface area contributed by atoms with Crippen molar-refractivity contribution in [1.82, 2.24) is 9.62 Å². The Balaban J connectivity index is 1.65. The topological polar surface area (TPSA) is 108 Å². The Hall–Kier alpha value is -2.11. The summed E-state index contributed by atoms with van der Waals surface area (Å²) in [6.07, 6.45) is 0.0751. The highest BCUT2D eigenvalue weighted by Gasteiger charge is 2.38. The molecule has 1 aromatic carbocycles. The number of benzene rings is 1. The lowest BCUT2D eigenvalue weighted by molar-refractivity contribution is -0.156. The van der Waals surface area contributed by atoms with Crippen LogP contribution >= 0.6 is 11.8 Å². The van der Waals surface area contributed by atoms with E-state index in [1.807, 2.05) is 18.2 Å². The molecule has 0 saturated carbocycles. The van der Waals surface area contributed by atoms with Crippen LogP contribution in [0, 0.1) is 0 Å². The van der Waals surface area contributed by atoms with Gasteiger partial charge in [-0.1, -0.05) is 18.2 Å². The summed E-state index contributed by atoms with van der Waals surface area (Å²) in [4.78, 5) is 25.5. The third-order valence-corrected chi connectivity index (χ3v) is 7.70. The number of hydrogen-bond donors (Lipinski definition) is 1. The van der Waals surface area contributed by atoms with E-state index in [0.717, 1.165) is 11.5 Å². The molecule has 2 aliphatic heterocycles. The summed E-state index contributed by atoms with van der Waals surface area (Å²) in [5.74, 6) is 0.433. The molecule has 0 spiro atoms. The molecule has 1 N–H and O–H groups in total. The summed E-state index contributed by atoms with van der Waals surface area (Å²) in [5.41, 5.74) is 0.152. The predicted molar refractivity (Wildman–Crippen MR) is 126 cm³/mol.